The predicted octanol–water partition coefficient (Wildman–Crippen LogP) is 7.56. The maximum absolute atomic E-state index is 13.8. The molecular weight excluding hydrogens is 519 g/mol. The Morgan fingerprint density at radius 2 is 1.51 bits per heavy atom. The van der Waals surface area contributed by atoms with Gasteiger partial charge in [-0.2, -0.15) is 0 Å². The summed E-state index contributed by atoms with van der Waals surface area (Å²) in [5, 5.41) is 6.70. The van der Waals surface area contributed by atoms with Gasteiger partial charge in [0.25, 0.3) is 5.91 Å². The summed E-state index contributed by atoms with van der Waals surface area (Å²) in [5.74, 6) is 0.778. The van der Waals surface area contributed by atoms with Crippen LogP contribution < -0.4 is 14.8 Å². The van der Waals surface area contributed by atoms with Gasteiger partial charge in [-0.1, -0.05) is 90.1 Å². The molecule has 0 spiro atoms. The Kier molecular flexibility index (Phi) is 8.86. The first-order valence-electron chi connectivity index (χ1n) is 13.3. The minimum absolute atomic E-state index is 0.164. The second kappa shape index (κ2) is 13.3. The van der Waals surface area contributed by atoms with Gasteiger partial charge < -0.3 is 19.3 Å². The Hall–Kier alpha value is -5.17. The van der Waals surface area contributed by atoms with Crippen LogP contribution in [0.5, 0.6) is 11.5 Å². The monoisotopic (exact) mass is 548 g/mol. The van der Waals surface area contributed by atoms with Crippen molar-refractivity contribution in [2.75, 3.05) is 6.54 Å². The van der Waals surface area contributed by atoms with Gasteiger partial charge in [0.2, 0.25) is 0 Å². The molecule has 0 saturated carbocycles. The highest BCUT2D eigenvalue weighted by Gasteiger charge is 2.19. The van der Waals surface area contributed by atoms with E-state index < -0.39 is 0 Å². The number of amides is 1. The molecule has 4 aromatic carbocycles. The predicted molar refractivity (Wildman–Crippen MR) is 157 cm³/mol. The zero-order chi connectivity index (χ0) is 28.4. The van der Waals surface area contributed by atoms with Crippen LogP contribution in [0.4, 0.5) is 4.39 Å². The zero-order valence-electron chi connectivity index (χ0n) is 22.5. The van der Waals surface area contributed by atoms with Crippen molar-refractivity contribution >= 4 is 18.1 Å². The van der Waals surface area contributed by atoms with Gasteiger partial charge in [0.1, 0.15) is 30.5 Å². The fraction of sp³-hybridized carbons (Fsp3) is 0.118. The molecule has 0 unspecified atom stereocenters. The van der Waals surface area contributed by atoms with Crippen molar-refractivity contribution in [3.63, 3.8) is 0 Å². The zero-order valence-corrected chi connectivity index (χ0v) is 22.5. The minimum atomic E-state index is -0.330. The molecule has 0 fully saturated rings. The van der Waals surface area contributed by atoms with Crippen molar-refractivity contribution in [2.45, 2.75) is 20.1 Å². The van der Waals surface area contributed by atoms with E-state index in [1.807, 2.05) is 91.9 Å². The van der Waals surface area contributed by atoms with Crippen LogP contribution >= 0.6 is 0 Å². The number of nitrogens with one attached hydrogen (secondary N) is 1. The second-order valence-corrected chi connectivity index (χ2v) is 9.26. The van der Waals surface area contributed by atoms with Crippen molar-refractivity contribution in [1.82, 2.24) is 10.5 Å². The maximum Gasteiger partial charge on any atom is 0.273 e. The summed E-state index contributed by atoms with van der Waals surface area (Å²) in [5.41, 5.74) is 4.16. The van der Waals surface area contributed by atoms with E-state index in [9.17, 15) is 9.18 Å². The average Bonchev–Trinajstić information content (AvgIpc) is 3.50. The number of aromatic nitrogens is 1. The molecule has 1 amide bonds. The molecule has 0 aliphatic rings. The van der Waals surface area contributed by atoms with E-state index in [-0.39, 0.29) is 17.4 Å². The number of carbonyl (C=O) groups excluding carboxylic acids is 1. The number of carbonyl (C=O) groups is 1. The Bertz CT molecular complexity index is 1630. The largest absolute Gasteiger partial charge is 0.488 e. The first-order valence-corrected chi connectivity index (χ1v) is 13.3. The fourth-order valence-corrected chi connectivity index (χ4v) is 4.17. The molecule has 41 heavy (non-hydrogen) atoms. The quantitative estimate of drug-likeness (QED) is 0.173. The van der Waals surface area contributed by atoms with Crippen LogP contribution in [-0.4, -0.2) is 17.6 Å². The summed E-state index contributed by atoms with van der Waals surface area (Å²) in [6, 6.07) is 31.2. The van der Waals surface area contributed by atoms with Gasteiger partial charge in [-0.25, -0.2) is 4.39 Å². The van der Waals surface area contributed by atoms with Gasteiger partial charge >= 0.3 is 0 Å². The Balaban J connectivity index is 1.56. The summed E-state index contributed by atoms with van der Waals surface area (Å²) in [7, 11) is 0. The Morgan fingerprint density at radius 3 is 2.17 bits per heavy atom. The highest BCUT2D eigenvalue weighted by molar-refractivity contribution is 5.93. The number of halogens is 1. The van der Waals surface area contributed by atoms with Crippen molar-refractivity contribution < 1.29 is 23.2 Å². The Labute approximate surface area is 238 Å². The molecule has 0 aliphatic carbocycles. The third-order valence-electron chi connectivity index (χ3n) is 6.24. The van der Waals surface area contributed by atoms with E-state index >= 15 is 0 Å². The van der Waals surface area contributed by atoms with Crippen LogP contribution in [0.3, 0.4) is 0 Å². The van der Waals surface area contributed by atoms with Crippen molar-refractivity contribution in [2.24, 2.45) is 0 Å². The highest BCUT2D eigenvalue weighted by atomic mass is 19.1. The van der Waals surface area contributed by atoms with Gasteiger partial charge in [-0.05, 0) is 41.8 Å². The number of hydrogen-bond acceptors (Lipinski definition) is 5. The molecule has 206 valence electrons. The summed E-state index contributed by atoms with van der Waals surface area (Å²) in [4.78, 5) is 12.4. The van der Waals surface area contributed by atoms with Crippen LogP contribution in [0, 0.1) is 5.82 Å². The van der Waals surface area contributed by atoms with Gasteiger partial charge in [0, 0.05) is 24.2 Å². The molecule has 5 aromatic rings. The smallest absolute Gasteiger partial charge is 0.273 e. The molecule has 0 radical (unpaired) electrons. The van der Waals surface area contributed by atoms with Crippen molar-refractivity contribution in [3.05, 3.63) is 137 Å². The standard InChI is InChI=1S/C34H29FN2O4/c1-2-36-34(38)30-20-33(41-37-30)29-19-27(17-16-24-14-9-15-28(35)18-24)31(39-22-25-10-5-3-6-11-25)21-32(29)40-23-26-12-7-4-8-13-26/h3-21H,2,22-23H2,1H3,(H,36,38)/b17-16+. The molecule has 0 bridgehead atoms. The maximum atomic E-state index is 13.8. The molecule has 1 heterocycles. The lowest BCUT2D eigenvalue weighted by molar-refractivity contribution is 0.0947. The summed E-state index contributed by atoms with van der Waals surface area (Å²) in [6.07, 6.45) is 3.66. The molecule has 5 rings (SSSR count). The van der Waals surface area contributed by atoms with Gasteiger partial charge in [-0.3, -0.25) is 4.79 Å². The second-order valence-electron chi connectivity index (χ2n) is 9.26. The first-order chi connectivity index (χ1) is 20.1. The third-order valence-corrected chi connectivity index (χ3v) is 6.24. The first kappa shape index (κ1) is 27.4. The molecule has 0 atom stereocenters. The normalized spacial score (nSPS) is 11.0. The topological polar surface area (TPSA) is 73.6 Å². The lowest BCUT2D eigenvalue weighted by Gasteiger charge is -2.16. The fourth-order valence-electron chi connectivity index (χ4n) is 4.17. The highest BCUT2D eigenvalue weighted by Crippen LogP contribution is 2.38. The van der Waals surface area contributed by atoms with Crippen LogP contribution in [-0.2, 0) is 13.2 Å². The minimum Gasteiger partial charge on any atom is -0.488 e. The molecular formula is C34H29FN2O4. The van der Waals surface area contributed by atoms with E-state index in [2.05, 4.69) is 10.5 Å². The number of nitrogens with zero attached hydrogens (tertiary/aromatic N) is 1. The molecule has 1 N–H and O–H groups in total. The Morgan fingerprint density at radius 1 is 0.829 bits per heavy atom. The van der Waals surface area contributed by atoms with Gasteiger partial charge in [0.05, 0.1) is 5.56 Å². The lowest BCUT2D eigenvalue weighted by atomic mass is 10.0. The summed E-state index contributed by atoms with van der Waals surface area (Å²) >= 11 is 0. The number of rotatable bonds is 11. The SMILES string of the molecule is CCNC(=O)c1cc(-c2cc(/C=C/c3cccc(F)c3)c(OCc3ccccc3)cc2OCc2ccccc2)on1. The van der Waals surface area contributed by atoms with Crippen LogP contribution in [0.2, 0.25) is 0 Å². The van der Waals surface area contributed by atoms with Crippen LogP contribution in [0.15, 0.2) is 108 Å². The lowest BCUT2D eigenvalue weighted by Crippen LogP contribution is -2.22. The molecule has 6 nitrogen and oxygen atoms in total. The summed E-state index contributed by atoms with van der Waals surface area (Å²) in [6.45, 7) is 2.94. The van der Waals surface area contributed by atoms with E-state index in [1.165, 1.54) is 12.1 Å². The third kappa shape index (κ3) is 7.28. The van der Waals surface area contributed by atoms with Crippen LogP contribution in [0.1, 0.15) is 39.7 Å². The van der Waals surface area contributed by atoms with E-state index in [4.69, 9.17) is 14.0 Å². The van der Waals surface area contributed by atoms with Crippen molar-refractivity contribution in [3.8, 4) is 22.8 Å². The number of benzene rings is 4. The molecule has 0 aliphatic heterocycles. The van der Waals surface area contributed by atoms with Gasteiger partial charge in [0.15, 0.2) is 11.5 Å². The molecule has 1 aromatic heterocycles. The van der Waals surface area contributed by atoms with E-state index in [1.54, 1.807) is 18.2 Å². The van der Waals surface area contributed by atoms with E-state index in [0.717, 1.165) is 11.1 Å². The average molecular weight is 549 g/mol. The van der Waals surface area contributed by atoms with E-state index in [0.29, 0.717) is 53.7 Å². The van der Waals surface area contributed by atoms with Crippen LogP contribution in [0.25, 0.3) is 23.5 Å². The molecule has 0 saturated heterocycles. The number of hydrogen-bond donors (Lipinski definition) is 1. The van der Waals surface area contributed by atoms with Crippen molar-refractivity contribution in [1.29, 1.82) is 0 Å². The molecule has 7 heteroatoms. The summed E-state index contributed by atoms with van der Waals surface area (Å²) < 4.78 is 32.0. The van der Waals surface area contributed by atoms with Gasteiger partial charge in [-0.15, -0.1) is 0 Å². The number of ether oxygens (including phenoxy) is 2.